The van der Waals surface area contributed by atoms with Gasteiger partial charge in [0.1, 0.15) is 0 Å². The van der Waals surface area contributed by atoms with Gasteiger partial charge in [-0.2, -0.15) is 0 Å². The van der Waals surface area contributed by atoms with Crippen LogP contribution in [0.25, 0.3) is 0 Å². The zero-order valence-corrected chi connectivity index (χ0v) is 28.0. The van der Waals surface area contributed by atoms with Gasteiger partial charge in [-0.25, -0.2) is 0 Å². The molecule has 0 radical (unpaired) electrons. The summed E-state index contributed by atoms with van der Waals surface area (Å²) in [4.78, 5) is 23.8. The van der Waals surface area contributed by atoms with Crippen molar-refractivity contribution < 1.29 is 24.5 Å². The minimum absolute atomic E-state index is 0.115. The maximum Gasteiger partial charge on any atom is 0.313 e. The molecule has 0 aliphatic carbocycles. The molecular formula is C37H72O5. The largest absolute Gasteiger partial charge is 0.394 e. The molecule has 0 fully saturated rings. The quantitative estimate of drug-likeness (QED) is 0.0438. The Labute approximate surface area is 261 Å². The maximum absolute atomic E-state index is 11.9. The predicted octanol–water partition coefficient (Wildman–Crippen LogP) is 10.9. The number of aliphatic hydroxyl groups excluding tert-OH is 2. The molecule has 5 nitrogen and oxygen atoms in total. The highest BCUT2D eigenvalue weighted by Gasteiger charge is 2.10. The zero-order chi connectivity index (χ0) is 30.8. The normalized spacial score (nSPS) is 12.1. The van der Waals surface area contributed by atoms with Gasteiger partial charge in [0.2, 0.25) is 0 Å². The molecule has 0 heterocycles. The number of ether oxygens (including phenoxy) is 1. The molecule has 0 amide bonds. The zero-order valence-electron chi connectivity index (χ0n) is 28.0. The van der Waals surface area contributed by atoms with E-state index in [2.05, 4.69) is 6.92 Å². The van der Waals surface area contributed by atoms with Crippen LogP contribution in [-0.2, 0) is 14.3 Å². The first kappa shape index (κ1) is 41.1. The van der Waals surface area contributed by atoms with Crippen molar-refractivity contribution in [2.75, 3.05) is 6.61 Å². The molecule has 0 saturated heterocycles. The highest BCUT2D eigenvalue weighted by Crippen LogP contribution is 2.16. The van der Waals surface area contributed by atoms with Gasteiger partial charge < -0.3 is 14.9 Å². The first-order valence-corrected chi connectivity index (χ1v) is 18.6. The van der Waals surface area contributed by atoms with Crippen molar-refractivity contribution in [3.8, 4) is 0 Å². The Balaban J connectivity index is 3.28. The monoisotopic (exact) mass is 597 g/mol. The molecule has 5 heteroatoms. The summed E-state index contributed by atoms with van der Waals surface area (Å²) in [5.41, 5.74) is 0. The molecule has 42 heavy (non-hydrogen) atoms. The predicted molar refractivity (Wildman–Crippen MR) is 178 cm³/mol. The van der Waals surface area contributed by atoms with Gasteiger partial charge in [-0.1, -0.05) is 180 Å². The Bertz CT molecular complexity index is 564. The summed E-state index contributed by atoms with van der Waals surface area (Å²) in [5, 5.41) is 18.1. The Morgan fingerprint density at radius 1 is 0.452 bits per heavy atom. The molecule has 0 bridgehead atoms. The Hall–Kier alpha value is -0.940. The van der Waals surface area contributed by atoms with Crippen molar-refractivity contribution in [2.45, 2.75) is 218 Å². The summed E-state index contributed by atoms with van der Waals surface area (Å²) >= 11 is 0. The summed E-state index contributed by atoms with van der Waals surface area (Å²) in [6.45, 7) is 2.16. The first-order chi connectivity index (χ1) is 20.6. The fourth-order valence-corrected chi connectivity index (χ4v) is 5.73. The number of unbranched alkanes of at least 4 members (excludes halogenated alkanes) is 27. The fraction of sp³-hybridized carbons (Fsp3) is 0.946. The third kappa shape index (κ3) is 33.6. The number of carbonyl (C=O) groups is 2. The van der Waals surface area contributed by atoms with Crippen molar-refractivity contribution in [2.24, 2.45) is 0 Å². The lowest BCUT2D eigenvalue weighted by atomic mass is 10.0. The van der Waals surface area contributed by atoms with E-state index in [-0.39, 0.29) is 18.5 Å². The number of hydrogen-bond donors (Lipinski definition) is 2. The fourth-order valence-electron chi connectivity index (χ4n) is 5.73. The van der Waals surface area contributed by atoms with Gasteiger partial charge in [-0.05, 0) is 19.3 Å². The standard InChI is InChI=1S/C37H72O5/c1-2-3-4-5-6-7-8-9-10-14-17-20-23-26-29-32-36(40)42-37(41)33-30-27-24-21-18-15-12-11-13-16-19-22-25-28-31-35(39)34-38/h35,38-39H,2-34H2,1H3. The van der Waals surface area contributed by atoms with Crippen molar-refractivity contribution in [3.05, 3.63) is 0 Å². The lowest BCUT2D eigenvalue weighted by Gasteiger charge is -2.06. The third-order valence-corrected chi connectivity index (χ3v) is 8.59. The van der Waals surface area contributed by atoms with Gasteiger partial charge in [0.05, 0.1) is 12.7 Å². The lowest BCUT2D eigenvalue weighted by Crippen LogP contribution is -2.11. The molecule has 250 valence electrons. The van der Waals surface area contributed by atoms with Crippen LogP contribution in [0.3, 0.4) is 0 Å². The minimum Gasteiger partial charge on any atom is -0.394 e. The number of aliphatic hydroxyl groups is 2. The van der Waals surface area contributed by atoms with E-state index >= 15 is 0 Å². The minimum atomic E-state index is -0.532. The van der Waals surface area contributed by atoms with Crippen molar-refractivity contribution in [1.29, 1.82) is 0 Å². The van der Waals surface area contributed by atoms with Gasteiger partial charge in [0.15, 0.2) is 0 Å². The summed E-state index contributed by atoms with van der Waals surface area (Å²) < 4.78 is 5.01. The van der Waals surface area contributed by atoms with Gasteiger partial charge in [0, 0.05) is 12.8 Å². The first-order valence-electron chi connectivity index (χ1n) is 18.6. The van der Waals surface area contributed by atoms with Crippen LogP contribution in [0.2, 0.25) is 0 Å². The molecule has 2 N–H and O–H groups in total. The number of carbonyl (C=O) groups excluding carboxylic acids is 2. The molecule has 0 aliphatic rings. The topological polar surface area (TPSA) is 83.8 Å². The smallest absolute Gasteiger partial charge is 0.313 e. The van der Waals surface area contributed by atoms with E-state index in [9.17, 15) is 14.7 Å². The molecule has 0 aliphatic heterocycles. The van der Waals surface area contributed by atoms with Crippen LogP contribution >= 0.6 is 0 Å². The summed E-state index contributed by atoms with van der Waals surface area (Å²) in [6, 6.07) is 0. The molecule has 1 atom stereocenters. The van der Waals surface area contributed by atoms with Gasteiger partial charge >= 0.3 is 11.9 Å². The molecule has 0 saturated carbocycles. The molecule has 0 aromatic rings. The van der Waals surface area contributed by atoms with E-state index in [4.69, 9.17) is 9.84 Å². The van der Waals surface area contributed by atoms with E-state index in [1.54, 1.807) is 0 Å². The Kier molecular flexibility index (Phi) is 33.8. The number of hydrogen-bond acceptors (Lipinski definition) is 5. The van der Waals surface area contributed by atoms with Gasteiger partial charge in [-0.15, -0.1) is 0 Å². The van der Waals surface area contributed by atoms with Crippen molar-refractivity contribution >= 4 is 11.9 Å². The van der Waals surface area contributed by atoms with Crippen LogP contribution in [-0.4, -0.2) is 34.9 Å². The SMILES string of the molecule is CCCCCCCCCCCCCCCCCC(=O)OC(=O)CCCCCCCCCCCCCCCCC(O)CO. The third-order valence-electron chi connectivity index (χ3n) is 8.59. The lowest BCUT2D eigenvalue weighted by molar-refractivity contribution is -0.159. The maximum atomic E-state index is 11.9. The van der Waals surface area contributed by atoms with Crippen LogP contribution in [0.1, 0.15) is 212 Å². The highest BCUT2D eigenvalue weighted by molar-refractivity contribution is 5.85. The van der Waals surface area contributed by atoms with Crippen molar-refractivity contribution in [3.63, 3.8) is 0 Å². The van der Waals surface area contributed by atoms with Crippen LogP contribution < -0.4 is 0 Å². The van der Waals surface area contributed by atoms with E-state index in [1.807, 2.05) is 0 Å². The molecule has 0 aromatic carbocycles. The van der Waals surface area contributed by atoms with Gasteiger partial charge in [-0.3, -0.25) is 9.59 Å². The van der Waals surface area contributed by atoms with Crippen LogP contribution in [0.15, 0.2) is 0 Å². The second kappa shape index (κ2) is 34.5. The number of rotatable bonds is 34. The van der Waals surface area contributed by atoms with Crippen LogP contribution in [0, 0.1) is 0 Å². The van der Waals surface area contributed by atoms with Gasteiger partial charge in [0.25, 0.3) is 0 Å². The average molecular weight is 597 g/mol. The van der Waals surface area contributed by atoms with E-state index in [0.29, 0.717) is 12.8 Å². The van der Waals surface area contributed by atoms with E-state index < -0.39 is 6.10 Å². The highest BCUT2D eigenvalue weighted by atomic mass is 16.6. The Morgan fingerprint density at radius 3 is 1.00 bits per heavy atom. The van der Waals surface area contributed by atoms with Crippen LogP contribution in [0.4, 0.5) is 0 Å². The molecule has 0 aromatic heterocycles. The second-order valence-corrected chi connectivity index (χ2v) is 12.9. The molecule has 0 spiro atoms. The van der Waals surface area contributed by atoms with Crippen LogP contribution in [0.5, 0.6) is 0 Å². The summed E-state index contributed by atoms with van der Waals surface area (Å²) in [5.74, 6) is -0.684. The second-order valence-electron chi connectivity index (χ2n) is 12.9. The number of esters is 2. The van der Waals surface area contributed by atoms with Crippen molar-refractivity contribution in [1.82, 2.24) is 0 Å². The van der Waals surface area contributed by atoms with E-state index in [0.717, 1.165) is 51.4 Å². The summed E-state index contributed by atoms with van der Waals surface area (Å²) in [6.07, 6.45) is 37.2. The molecule has 0 rings (SSSR count). The van der Waals surface area contributed by atoms with E-state index in [1.165, 1.54) is 141 Å². The summed E-state index contributed by atoms with van der Waals surface area (Å²) in [7, 11) is 0. The molecule has 1 unspecified atom stereocenters. The Morgan fingerprint density at radius 2 is 0.714 bits per heavy atom. The molecular weight excluding hydrogens is 524 g/mol. The average Bonchev–Trinajstić information content (AvgIpc) is 2.98.